The van der Waals surface area contributed by atoms with E-state index in [2.05, 4.69) is 0 Å². The zero-order valence-electron chi connectivity index (χ0n) is 8.75. The third-order valence-corrected chi connectivity index (χ3v) is 1.70. The third-order valence-electron chi connectivity index (χ3n) is 1.70. The smallest absolute Gasteiger partial charge is 0.873 e. The van der Waals surface area contributed by atoms with Crippen LogP contribution < -0.4 is 20.4 Å². The standard InChI is InChI=1S/2C6H6O2.Ti/c2*7-5-3-1-2-4-6(5)8;/h2*1-4,7-8H;/q;;+4/p-4. The minimum absolute atomic E-state index is 0. The second-order valence-electron chi connectivity index (χ2n) is 2.89. The van der Waals surface area contributed by atoms with Crippen LogP contribution >= 0.6 is 0 Å². The zero-order valence-corrected chi connectivity index (χ0v) is 10.3. The van der Waals surface area contributed by atoms with Crippen molar-refractivity contribution in [3.05, 3.63) is 48.5 Å². The van der Waals surface area contributed by atoms with Crippen molar-refractivity contribution >= 4 is 0 Å². The Morgan fingerprint density at radius 1 is 0.471 bits per heavy atom. The first-order valence-corrected chi connectivity index (χ1v) is 4.47. The molecule has 0 aliphatic rings. The van der Waals surface area contributed by atoms with E-state index in [0.717, 1.165) is 0 Å². The Bertz CT molecular complexity index is 374. The molecule has 0 aliphatic carbocycles. The van der Waals surface area contributed by atoms with Crippen molar-refractivity contribution in [2.24, 2.45) is 0 Å². The molecular formula is C12H8O4Ti. The number of hydrogen-bond donors (Lipinski definition) is 0. The second kappa shape index (κ2) is 7.60. The molecule has 84 valence electrons. The summed E-state index contributed by atoms with van der Waals surface area (Å²) in [5.41, 5.74) is 0. The van der Waals surface area contributed by atoms with Crippen LogP contribution in [0.5, 0.6) is 23.0 Å². The summed E-state index contributed by atoms with van der Waals surface area (Å²) in [5, 5.41) is 41.2. The van der Waals surface area contributed by atoms with Gasteiger partial charge in [-0.1, -0.05) is 48.5 Å². The Hall–Kier alpha value is -1.65. The topological polar surface area (TPSA) is 92.2 Å². The second-order valence-corrected chi connectivity index (χ2v) is 2.89. The normalized spacial score (nSPS) is 8.47. The maximum absolute atomic E-state index is 10.3. The summed E-state index contributed by atoms with van der Waals surface area (Å²) in [7, 11) is 0. The fraction of sp³-hybridized carbons (Fsp3) is 0. The Balaban J connectivity index is 0.000000284. The van der Waals surface area contributed by atoms with Gasteiger partial charge in [0, 0.05) is 0 Å². The molecule has 2 aromatic carbocycles. The van der Waals surface area contributed by atoms with Gasteiger partial charge in [-0.2, -0.15) is 0 Å². The quantitative estimate of drug-likeness (QED) is 0.609. The molecule has 0 atom stereocenters. The van der Waals surface area contributed by atoms with Crippen LogP contribution in [-0.4, -0.2) is 0 Å². The molecule has 0 bridgehead atoms. The number of para-hydroxylation sites is 4. The predicted octanol–water partition coefficient (Wildman–Crippen LogP) is -0.335. The van der Waals surface area contributed by atoms with Crippen molar-refractivity contribution in [2.75, 3.05) is 0 Å². The number of rotatable bonds is 0. The van der Waals surface area contributed by atoms with Gasteiger partial charge >= 0.3 is 21.7 Å². The fourth-order valence-electron chi connectivity index (χ4n) is 0.900. The first-order chi connectivity index (χ1) is 7.61. The Morgan fingerprint density at radius 2 is 0.647 bits per heavy atom. The van der Waals surface area contributed by atoms with Gasteiger partial charge in [0.2, 0.25) is 0 Å². The molecule has 5 heteroatoms. The summed E-state index contributed by atoms with van der Waals surface area (Å²) in [6.07, 6.45) is 0. The molecule has 17 heavy (non-hydrogen) atoms. The molecule has 0 fully saturated rings. The molecule has 4 nitrogen and oxygen atoms in total. The summed E-state index contributed by atoms with van der Waals surface area (Å²) in [6.45, 7) is 0. The van der Waals surface area contributed by atoms with Crippen LogP contribution in [0.1, 0.15) is 0 Å². The summed E-state index contributed by atoms with van der Waals surface area (Å²) >= 11 is 0. The summed E-state index contributed by atoms with van der Waals surface area (Å²) in [4.78, 5) is 0. The Morgan fingerprint density at radius 3 is 0.765 bits per heavy atom. The minimum Gasteiger partial charge on any atom is -0.873 e. The van der Waals surface area contributed by atoms with E-state index in [9.17, 15) is 20.4 Å². The maximum Gasteiger partial charge on any atom is 4.00 e. The van der Waals surface area contributed by atoms with E-state index in [1.54, 1.807) is 24.3 Å². The molecule has 0 aliphatic heterocycles. The molecule has 0 spiro atoms. The number of hydrogen-bond acceptors (Lipinski definition) is 4. The SMILES string of the molecule is [O-]c1ccccc1[O-].[O-]c1ccccc1[O-].[Ti+4]. The van der Waals surface area contributed by atoms with E-state index < -0.39 is 23.0 Å². The van der Waals surface area contributed by atoms with E-state index in [-0.39, 0.29) is 21.7 Å². The van der Waals surface area contributed by atoms with Crippen molar-refractivity contribution in [3.63, 3.8) is 0 Å². The van der Waals surface area contributed by atoms with Crippen molar-refractivity contribution in [3.8, 4) is 23.0 Å². The average molecular weight is 264 g/mol. The monoisotopic (exact) mass is 264 g/mol. The van der Waals surface area contributed by atoms with Gasteiger partial charge in [0.05, 0.1) is 0 Å². The molecule has 0 amide bonds. The van der Waals surface area contributed by atoms with Gasteiger partial charge in [0.15, 0.2) is 0 Å². The van der Waals surface area contributed by atoms with Gasteiger partial charge in [0.1, 0.15) is 0 Å². The minimum atomic E-state index is -0.437. The van der Waals surface area contributed by atoms with Gasteiger partial charge in [-0.05, 0) is 0 Å². The van der Waals surface area contributed by atoms with Crippen LogP contribution in [0.4, 0.5) is 0 Å². The van der Waals surface area contributed by atoms with Crippen molar-refractivity contribution in [1.29, 1.82) is 0 Å². The molecule has 2 aromatic rings. The molecule has 2 rings (SSSR count). The van der Waals surface area contributed by atoms with Gasteiger partial charge < -0.3 is 20.4 Å². The zero-order chi connectivity index (χ0) is 12.0. The summed E-state index contributed by atoms with van der Waals surface area (Å²) in [6, 6.07) is 11.2. The Kier molecular flexibility index (Phi) is 6.86. The molecule has 0 radical (unpaired) electrons. The maximum atomic E-state index is 10.3. The van der Waals surface area contributed by atoms with Gasteiger partial charge in [-0.3, -0.25) is 0 Å². The molecule has 0 heterocycles. The fourth-order valence-corrected chi connectivity index (χ4v) is 0.900. The van der Waals surface area contributed by atoms with Gasteiger partial charge in [0.25, 0.3) is 0 Å². The summed E-state index contributed by atoms with van der Waals surface area (Å²) < 4.78 is 0. The van der Waals surface area contributed by atoms with E-state index in [1.807, 2.05) is 0 Å². The van der Waals surface area contributed by atoms with Crippen molar-refractivity contribution in [2.45, 2.75) is 0 Å². The first-order valence-electron chi connectivity index (χ1n) is 4.47. The van der Waals surface area contributed by atoms with Crippen molar-refractivity contribution in [1.82, 2.24) is 0 Å². The van der Waals surface area contributed by atoms with Crippen LogP contribution in [-0.2, 0) is 21.7 Å². The first kappa shape index (κ1) is 15.4. The molecule has 0 unspecified atom stereocenters. The molecule has 0 N–H and O–H groups in total. The van der Waals surface area contributed by atoms with Gasteiger partial charge in [-0.15, -0.1) is 23.0 Å². The summed E-state index contributed by atoms with van der Waals surface area (Å²) in [5.74, 6) is -1.75. The predicted molar refractivity (Wildman–Crippen MR) is 50.7 cm³/mol. The van der Waals surface area contributed by atoms with E-state index in [1.165, 1.54) is 24.3 Å². The van der Waals surface area contributed by atoms with Crippen molar-refractivity contribution < 1.29 is 42.1 Å². The van der Waals surface area contributed by atoms with Crippen LogP contribution in [0.25, 0.3) is 0 Å². The van der Waals surface area contributed by atoms with Gasteiger partial charge in [-0.25, -0.2) is 0 Å². The third kappa shape index (κ3) is 5.29. The number of benzene rings is 2. The Labute approximate surface area is 114 Å². The van der Waals surface area contributed by atoms with E-state index in [0.29, 0.717) is 0 Å². The van der Waals surface area contributed by atoms with Crippen LogP contribution in [0.2, 0.25) is 0 Å². The molecule has 0 aromatic heterocycles. The van der Waals surface area contributed by atoms with Crippen LogP contribution in [0, 0.1) is 0 Å². The largest absolute Gasteiger partial charge is 4.00 e. The van der Waals surface area contributed by atoms with E-state index in [4.69, 9.17) is 0 Å². The van der Waals surface area contributed by atoms with Crippen LogP contribution in [0.3, 0.4) is 0 Å². The average Bonchev–Trinajstić information content (AvgIpc) is 2.28. The van der Waals surface area contributed by atoms with Crippen LogP contribution in [0.15, 0.2) is 48.5 Å². The molecule has 0 saturated heterocycles. The van der Waals surface area contributed by atoms with E-state index >= 15 is 0 Å². The molecule has 0 saturated carbocycles. The molecular weight excluding hydrogens is 256 g/mol.